The van der Waals surface area contributed by atoms with Crippen molar-refractivity contribution in [3.05, 3.63) is 12.3 Å². The van der Waals surface area contributed by atoms with Crippen LogP contribution in [0.1, 0.15) is 66.2 Å². The summed E-state index contributed by atoms with van der Waals surface area (Å²) in [5.74, 6) is -0.355. The monoisotopic (exact) mass is 256 g/mol. The zero-order valence-corrected chi connectivity index (χ0v) is 12.4. The Hall–Kier alpha value is -0.990. The van der Waals surface area contributed by atoms with Gasteiger partial charge in [-0.25, -0.2) is 4.79 Å². The van der Waals surface area contributed by atoms with Crippen LogP contribution in [0.5, 0.6) is 0 Å². The zero-order valence-electron chi connectivity index (χ0n) is 12.4. The molecule has 0 bridgehead atoms. The van der Waals surface area contributed by atoms with Gasteiger partial charge >= 0.3 is 5.97 Å². The van der Waals surface area contributed by atoms with Crippen LogP contribution in [0.25, 0.3) is 0 Å². The lowest BCUT2D eigenvalue weighted by Crippen LogP contribution is -2.25. The Balaban J connectivity index is 3.56. The van der Waals surface area contributed by atoms with Crippen molar-refractivity contribution >= 4 is 5.97 Å². The van der Waals surface area contributed by atoms with Gasteiger partial charge in [0.1, 0.15) is 5.60 Å². The highest BCUT2D eigenvalue weighted by Crippen LogP contribution is 2.11. The van der Waals surface area contributed by atoms with Gasteiger partial charge in [0.2, 0.25) is 0 Å². The van der Waals surface area contributed by atoms with Gasteiger partial charge in [-0.05, 0) is 33.8 Å². The zero-order chi connectivity index (χ0) is 14.0. The summed E-state index contributed by atoms with van der Waals surface area (Å²) in [6.45, 7) is 11.8. The molecule has 0 spiro atoms. The van der Waals surface area contributed by atoms with Crippen LogP contribution >= 0.6 is 0 Å². The van der Waals surface area contributed by atoms with Crippen LogP contribution in [-0.2, 0) is 14.3 Å². The number of carbonyl (C=O) groups is 1. The fourth-order valence-electron chi connectivity index (χ4n) is 1.47. The van der Waals surface area contributed by atoms with E-state index in [2.05, 4.69) is 13.5 Å². The molecule has 0 aromatic carbocycles. The van der Waals surface area contributed by atoms with Gasteiger partial charge in [0, 0.05) is 0 Å². The van der Waals surface area contributed by atoms with Crippen molar-refractivity contribution in [2.45, 2.75) is 71.8 Å². The summed E-state index contributed by atoms with van der Waals surface area (Å²) >= 11 is 0. The predicted octanol–water partition coefficient (Wildman–Crippen LogP) is 4.22. The molecule has 0 radical (unpaired) electrons. The van der Waals surface area contributed by atoms with Gasteiger partial charge in [-0.1, -0.05) is 39.0 Å². The summed E-state index contributed by atoms with van der Waals surface area (Å²) in [4.78, 5) is 11.5. The molecule has 0 aromatic rings. The highest BCUT2D eigenvalue weighted by atomic mass is 16.6. The maximum Gasteiger partial charge on any atom is 0.373 e. The summed E-state index contributed by atoms with van der Waals surface area (Å²) in [6.07, 6.45) is 7.17. The molecule has 0 rings (SSSR count). The second-order valence-corrected chi connectivity index (χ2v) is 5.54. The van der Waals surface area contributed by atoms with E-state index in [1.54, 1.807) is 0 Å². The number of hydrogen-bond donors (Lipinski definition) is 0. The number of ether oxygens (including phenoxy) is 2. The van der Waals surface area contributed by atoms with Crippen LogP contribution in [0, 0.1) is 0 Å². The Morgan fingerprint density at radius 3 is 2.17 bits per heavy atom. The van der Waals surface area contributed by atoms with Crippen molar-refractivity contribution in [3.8, 4) is 0 Å². The van der Waals surface area contributed by atoms with E-state index in [9.17, 15) is 4.79 Å². The minimum Gasteiger partial charge on any atom is -0.487 e. The maximum atomic E-state index is 11.5. The molecule has 0 N–H and O–H groups in total. The molecule has 0 saturated carbocycles. The number of rotatable bonds is 9. The van der Waals surface area contributed by atoms with Crippen molar-refractivity contribution in [1.82, 2.24) is 0 Å². The van der Waals surface area contributed by atoms with E-state index in [1.165, 1.54) is 25.7 Å². The van der Waals surface area contributed by atoms with Crippen molar-refractivity contribution in [2.75, 3.05) is 6.61 Å². The van der Waals surface area contributed by atoms with E-state index in [-0.39, 0.29) is 5.76 Å². The van der Waals surface area contributed by atoms with Crippen molar-refractivity contribution in [2.24, 2.45) is 0 Å². The van der Waals surface area contributed by atoms with E-state index in [4.69, 9.17) is 9.47 Å². The Morgan fingerprint density at radius 1 is 1.06 bits per heavy atom. The van der Waals surface area contributed by atoms with E-state index < -0.39 is 11.6 Å². The molecule has 3 nitrogen and oxygen atoms in total. The van der Waals surface area contributed by atoms with Crippen LogP contribution in [0.3, 0.4) is 0 Å². The van der Waals surface area contributed by atoms with Crippen molar-refractivity contribution < 1.29 is 14.3 Å². The molecule has 0 heterocycles. The normalized spacial score (nSPS) is 11.1. The van der Waals surface area contributed by atoms with Gasteiger partial charge in [-0.2, -0.15) is 0 Å². The van der Waals surface area contributed by atoms with Crippen molar-refractivity contribution in [3.63, 3.8) is 0 Å². The van der Waals surface area contributed by atoms with Crippen LogP contribution in [0.15, 0.2) is 12.3 Å². The highest BCUT2D eigenvalue weighted by molar-refractivity contribution is 5.85. The molecule has 0 aliphatic carbocycles. The predicted molar refractivity (Wildman–Crippen MR) is 74.3 cm³/mol. The summed E-state index contributed by atoms with van der Waals surface area (Å²) in [6, 6.07) is 0. The third-order valence-electron chi connectivity index (χ3n) is 2.40. The molecular weight excluding hydrogens is 228 g/mol. The average molecular weight is 256 g/mol. The first-order chi connectivity index (χ1) is 8.37. The average Bonchev–Trinajstić information content (AvgIpc) is 2.25. The standard InChI is InChI=1S/C15H28O3/c1-6-7-8-9-10-11-12-17-13(2)14(16)18-15(3,4)5/h2,6-12H2,1,3-5H3. The van der Waals surface area contributed by atoms with Crippen LogP contribution < -0.4 is 0 Å². The summed E-state index contributed by atoms with van der Waals surface area (Å²) in [7, 11) is 0. The second kappa shape index (κ2) is 9.01. The Kier molecular flexibility index (Phi) is 8.51. The third kappa shape index (κ3) is 10.2. The van der Waals surface area contributed by atoms with Gasteiger partial charge in [-0.15, -0.1) is 0 Å². The number of hydrogen-bond acceptors (Lipinski definition) is 3. The summed E-state index contributed by atoms with van der Waals surface area (Å²) in [5.41, 5.74) is -0.496. The molecule has 18 heavy (non-hydrogen) atoms. The fraction of sp³-hybridized carbons (Fsp3) is 0.800. The van der Waals surface area contributed by atoms with Crippen LogP contribution in [0.2, 0.25) is 0 Å². The van der Waals surface area contributed by atoms with Gasteiger partial charge in [0.15, 0.2) is 5.76 Å². The number of esters is 1. The summed E-state index contributed by atoms with van der Waals surface area (Å²) in [5, 5.41) is 0. The lowest BCUT2D eigenvalue weighted by molar-refractivity contribution is -0.154. The van der Waals surface area contributed by atoms with Gasteiger partial charge in [-0.3, -0.25) is 0 Å². The van der Waals surface area contributed by atoms with Crippen LogP contribution in [-0.4, -0.2) is 18.2 Å². The molecule has 3 heteroatoms. The molecule has 0 saturated heterocycles. The Labute approximate surface area is 112 Å². The van der Waals surface area contributed by atoms with E-state index in [0.29, 0.717) is 6.61 Å². The van der Waals surface area contributed by atoms with Gasteiger partial charge in [0.05, 0.1) is 6.61 Å². The molecular formula is C15H28O3. The molecule has 0 unspecified atom stereocenters. The van der Waals surface area contributed by atoms with Crippen LogP contribution in [0.4, 0.5) is 0 Å². The SMILES string of the molecule is C=C(OCCCCCCCC)C(=O)OC(C)(C)C. The first-order valence-electron chi connectivity index (χ1n) is 6.92. The summed E-state index contributed by atoms with van der Waals surface area (Å²) < 4.78 is 10.4. The van der Waals surface area contributed by atoms with E-state index in [0.717, 1.165) is 12.8 Å². The minimum absolute atomic E-state index is 0.110. The molecule has 0 amide bonds. The molecule has 0 fully saturated rings. The van der Waals surface area contributed by atoms with Gasteiger partial charge < -0.3 is 9.47 Å². The van der Waals surface area contributed by atoms with Crippen molar-refractivity contribution in [1.29, 1.82) is 0 Å². The molecule has 0 aliphatic rings. The first kappa shape index (κ1) is 17.0. The largest absolute Gasteiger partial charge is 0.487 e. The highest BCUT2D eigenvalue weighted by Gasteiger charge is 2.19. The molecule has 0 aromatic heterocycles. The maximum absolute atomic E-state index is 11.5. The third-order valence-corrected chi connectivity index (χ3v) is 2.40. The number of carbonyl (C=O) groups excluding carboxylic acids is 1. The first-order valence-corrected chi connectivity index (χ1v) is 6.92. The molecule has 0 atom stereocenters. The Bertz CT molecular complexity index is 251. The smallest absolute Gasteiger partial charge is 0.373 e. The Morgan fingerprint density at radius 2 is 1.61 bits per heavy atom. The topological polar surface area (TPSA) is 35.5 Å². The second-order valence-electron chi connectivity index (χ2n) is 5.54. The van der Waals surface area contributed by atoms with E-state index >= 15 is 0 Å². The van der Waals surface area contributed by atoms with E-state index in [1.807, 2.05) is 20.8 Å². The molecule has 106 valence electrons. The minimum atomic E-state index is -0.496. The lowest BCUT2D eigenvalue weighted by atomic mass is 10.1. The quantitative estimate of drug-likeness (QED) is 0.268. The molecule has 0 aliphatic heterocycles. The van der Waals surface area contributed by atoms with Gasteiger partial charge in [0.25, 0.3) is 0 Å². The lowest BCUT2D eigenvalue weighted by Gasteiger charge is -2.20. The number of unbranched alkanes of at least 4 members (excludes halogenated alkanes) is 5. The fourth-order valence-corrected chi connectivity index (χ4v) is 1.47.